The molecule has 0 bridgehead atoms. The molecule has 1 aliphatic rings. The Hall–Kier alpha value is -1.11. The third-order valence-corrected chi connectivity index (χ3v) is 4.21. The number of rotatable bonds is 4. The van der Waals surface area contributed by atoms with Crippen molar-refractivity contribution in [3.05, 3.63) is 22.7 Å². The molecule has 1 heterocycles. The first-order valence-electron chi connectivity index (χ1n) is 7.20. The molecule has 1 aliphatic heterocycles. The molecule has 6 heteroatoms. The molecule has 2 rings (SSSR count). The lowest BCUT2D eigenvalue weighted by molar-refractivity contribution is -0.117. The number of likely N-dealkylation sites (tertiary alicyclic amines) is 1. The van der Waals surface area contributed by atoms with Crippen LogP contribution in [0, 0.1) is 0 Å². The molecule has 3 N–H and O–H groups in total. The number of benzene rings is 1. The average molecular weight is 355 g/mol. The molecule has 1 fully saturated rings. The second-order valence-electron chi connectivity index (χ2n) is 5.72. The molecule has 21 heavy (non-hydrogen) atoms. The fourth-order valence-corrected chi connectivity index (χ4v) is 2.86. The van der Waals surface area contributed by atoms with Gasteiger partial charge < -0.3 is 16.0 Å². The van der Waals surface area contributed by atoms with Crippen LogP contribution < -0.4 is 16.0 Å². The number of nitrogens with one attached hydrogen (secondary N) is 1. The third-order valence-electron chi connectivity index (χ3n) is 3.71. The number of anilines is 2. The van der Waals surface area contributed by atoms with Crippen LogP contribution in [0.25, 0.3) is 0 Å². The van der Waals surface area contributed by atoms with E-state index in [1.54, 1.807) is 0 Å². The molecule has 0 spiro atoms. The predicted octanol–water partition coefficient (Wildman–Crippen LogP) is 1.88. The Bertz CT molecular complexity index is 498. The van der Waals surface area contributed by atoms with Crippen molar-refractivity contribution in [2.24, 2.45) is 5.73 Å². The maximum absolute atomic E-state index is 12.2. The average Bonchev–Trinajstić information content (AvgIpc) is 2.41. The van der Waals surface area contributed by atoms with E-state index in [9.17, 15) is 4.79 Å². The summed E-state index contributed by atoms with van der Waals surface area (Å²) in [5.41, 5.74) is 7.70. The van der Waals surface area contributed by atoms with Crippen LogP contribution in [0.3, 0.4) is 0 Å². The number of halogens is 1. The smallest absolute Gasteiger partial charge is 0.238 e. The Labute approximate surface area is 134 Å². The molecule has 0 radical (unpaired) electrons. The highest BCUT2D eigenvalue weighted by molar-refractivity contribution is 9.10. The van der Waals surface area contributed by atoms with Gasteiger partial charge in [-0.25, -0.2) is 0 Å². The lowest BCUT2D eigenvalue weighted by Crippen LogP contribution is -2.43. The summed E-state index contributed by atoms with van der Waals surface area (Å²) in [6, 6.07) is 6.17. The molecule has 0 aliphatic carbocycles. The minimum Gasteiger partial charge on any atom is -0.376 e. The lowest BCUT2D eigenvalue weighted by Gasteiger charge is -2.29. The fraction of sp³-hybridized carbons (Fsp3) is 0.533. The predicted molar refractivity (Wildman–Crippen MR) is 90.7 cm³/mol. The molecule has 1 saturated heterocycles. The quantitative estimate of drug-likeness (QED) is 0.866. The number of nitrogens with zero attached hydrogens (tertiary/aromatic N) is 2. The highest BCUT2D eigenvalue weighted by Gasteiger charge is 2.18. The van der Waals surface area contributed by atoms with Crippen molar-refractivity contribution in [3.8, 4) is 0 Å². The zero-order valence-corrected chi connectivity index (χ0v) is 14.2. The minimum absolute atomic E-state index is 0.0201. The zero-order valence-electron chi connectivity index (χ0n) is 12.6. The van der Waals surface area contributed by atoms with E-state index in [2.05, 4.69) is 26.1 Å². The van der Waals surface area contributed by atoms with Crippen molar-refractivity contribution in [1.82, 2.24) is 4.90 Å². The third kappa shape index (κ3) is 4.69. The minimum atomic E-state index is 0.0201. The Kier molecular flexibility index (Phi) is 5.61. The number of hydrogen-bond donors (Lipinski definition) is 2. The van der Waals surface area contributed by atoms with Crippen LogP contribution in [0.4, 0.5) is 11.4 Å². The van der Waals surface area contributed by atoms with Crippen LogP contribution in [0.1, 0.15) is 12.8 Å². The summed E-state index contributed by atoms with van der Waals surface area (Å²) in [5.74, 6) is 0.0201. The van der Waals surface area contributed by atoms with E-state index in [1.165, 1.54) is 0 Å². The van der Waals surface area contributed by atoms with E-state index in [-0.39, 0.29) is 11.9 Å². The molecule has 0 atom stereocenters. The standard InChI is InChI=1S/C15H23BrN4O/c1-19(2)14-4-3-11(16)9-13(14)18-15(21)10-20-7-5-12(17)6-8-20/h3-4,9,12H,5-8,10,17H2,1-2H3,(H,18,21). The summed E-state index contributed by atoms with van der Waals surface area (Å²) in [7, 11) is 3.93. The van der Waals surface area contributed by atoms with Crippen LogP contribution in [0.15, 0.2) is 22.7 Å². The SMILES string of the molecule is CN(C)c1ccc(Br)cc1NC(=O)CN1CCC(N)CC1. The number of amides is 1. The number of piperidine rings is 1. The maximum atomic E-state index is 12.2. The largest absolute Gasteiger partial charge is 0.376 e. The van der Waals surface area contributed by atoms with Gasteiger partial charge in [-0.2, -0.15) is 0 Å². The second-order valence-corrected chi connectivity index (χ2v) is 6.63. The molecule has 1 aromatic carbocycles. The van der Waals surface area contributed by atoms with Crippen molar-refractivity contribution in [2.45, 2.75) is 18.9 Å². The fourth-order valence-electron chi connectivity index (χ4n) is 2.50. The van der Waals surface area contributed by atoms with Gasteiger partial charge in [-0.05, 0) is 31.0 Å². The topological polar surface area (TPSA) is 61.6 Å². The van der Waals surface area contributed by atoms with E-state index in [0.29, 0.717) is 6.54 Å². The monoisotopic (exact) mass is 354 g/mol. The Morgan fingerprint density at radius 3 is 2.71 bits per heavy atom. The summed E-state index contributed by atoms with van der Waals surface area (Å²) in [6.45, 7) is 2.22. The highest BCUT2D eigenvalue weighted by atomic mass is 79.9. The molecule has 0 aromatic heterocycles. The Morgan fingerprint density at radius 1 is 1.43 bits per heavy atom. The van der Waals surface area contributed by atoms with Crippen molar-refractivity contribution in [1.29, 1.82) is 0 Å². The van der Waals surface area contributed by atoms with Gasteiger partial charge >= 0.3 is 0 Å². The number of hydrogen-bond acceptors (Lipinski definition) is 4. The van der Waals surface area contributed by atoms with Gasteiger partial charge in [0, 0.05) is 37.7 Å². The summed E-state index contributed by atoms with van der Waals surface area (Å²) >= 11 is 3.45. The van der Waals surface area contributed by atoms with E-state index in [4.69, 9.17) is 5.73 Å². The highest BCUT2D eigenvalue weighted by Crippen LogP contribution is 2.28. The Morgan fingerprint density at radius 2 is 2.10 bits per heavy atom. The molecular formula is C15H23BrN4O. The van der Waals surface area contributed by atoms with Crippen LogP contribution in [-0.2, 0) is 4.79 Å². The van der Waals surface area contributed by atoms with E-state index in [1.807, 2.05) is 37.2 Å². The molecule has 0 unspecified atom stereocenters. The number of carbonyl (C=O) groups is 1. The molecule has 1 amide bonds. The van der Waals surface area contributed by atoms with Gasteiger partial charge in [0.2, 0.25) is 5.91 Å². The Balaban J connectivity index is 1.97. The van der Waals surface area contributed by atoms with Gasteiger partial charge in [0.1, 0.15) is 0 Å². The van der Waals surface area contributed by atoms with Crippen LogP contribution in [-0.4, -0.2) is 50.6 Å². The summed E-state index contributed by atoms with van der Waals surface area (Å²) in [5, 5.41) is 3.01. The molecule has 0 saturated carbocycles. The van der Waals surface area contributed by atoms with Crippen LogP contribution in [0.5, 0.6) is 0 Å². The van der Waals surface area contributed by atoms with Gasteiger partial charge in [0.25, 0.3) is 0 Å². The molecule has 5 nitrogen and oxygen atoms in total. The summed E-state index contributed by atoms with van der Waals surface area (Å²) in [6.07, 6.45) is 1.93. The van der Waals surface area contributed by atoms with Crippen molar-refractivity contribution in [3.63, 3.8) is 0 Å². The molecule has 116 valence electrons. The van der Waals surface area contributed by atoms with Gasteiger partial charge in [-0.1, -0.05) is 15.9 Å². The first-order valence-corrected chi connectivity index (χ1v) is 7.99. The van der Waals surface area contributed by atoms with E-state index < -0.39 is 0 Å². The van der Waals surface area contributed by atoms with Gasteiger partial charge in [-0.15, -0.1) is 0 Å². The van der Waals surface area contributed by atoms with Crippen LogP contribution >= 0.6 is 15.9 Å². The number of nitrogens with two attached hydrogens (primary N) is 1. The first kappa shape index (κ1) is 16.3. The van der Waals surface area contributed by atoms with Crippen molar-refractivity contribution >= 4 is 33.2 Å². The summed E-state index contributed by atoms with van der Waals surface area (Å²) < 4.78 is 0.951. The van der Waals surface area contributed by atoms with E-state index >= 15 is 0 Å². The molecule has 1 aromatic rings. The zero-order chi connectivity index (χ0) is 15.4. The van der Waals surface area contributed by atoms with Crippen molar-refractivity contribution in [2.75, 3.05) is 43.9 Å². The van der Waals surface area contributed by atoms with Gasteiger partial charge in [0.15, 0.2) is 0 Å². The van der Waals surface area contributed by atoms with Crippen molar-refractivity contribution < 1.29 is 4.79 Å². The second kappa shape index (κ2) is 7.24. The lowest BCUT2D eigenvalue weighted by atomic mass is 10.1. The van der Waals surface area contributed by atoms with Crippen LogP contribution in [0.2, 0.25) is 0 Å². The number of carbonyl (C=O) groups excluding carboxylic acids is 1. The normalized spacial score (nSPS) is 16.8. The summed E-state index contributed by atoms with van der Waals surface area (Å²) in [4.78, 5) is 16.4. The van der Waals surface area contributed by atoms with Gasteiger partial charge in [-0.3, -0.25) is 9.69 Å². The maximum Gasteiger partial charge on any atom is 0.238 e. The first-order chi connectivity index (χ1) is 9.95. The van der Waals surface area contributed by atoms with Gasteiger partial charge in [0.05, 0.1) is 17.9 Å². The van der Waals surface area contributed by atoms with E-state index in [0.717, 1.165) is 41.8 Å². The molecular weight excluding hydrogens is 332 g/mol.